The van der Waals surface area contributed by atoms with Crippen molar-refractivity contribution in [1.82, 2.24) is 14.1 Å². The lowest BCUT2D eigenvalue weighted by Gasteiger charge is -2.19. The molecule has 0 atom stereocenters. The van der Waals surface area contributed by atoms with Crippen molar-refractivity contribution in [3.63, 3.8) is 0 Å². The molecule has 8 nitrogen and oxygen atoms in total. The smallest absolute Gasteiger partial charge is 0.101 e. The summed E-state index contributed by atoms with van der Waals surface area (Å²) < 4.78 is 3.94. The molecule has 0 aliphatic carbocycles. The Kier molecular flexibility index (Phi) is 6.22. The van der Waals surface area contributed by atoms with Gasteiger partial charge in [0.05, 0.1) is 85.5 Å². The summed E-state index contributed by atoms with van der Waals surface area (Å²) in [6.45, 7) is 0. The van der Waals surface area contributed by atoms with Gasteiger partial charge in [0, 0.05) is 39.5 Å². The van der Waals surface area contributed by atoms with E-state index in [2.05, 4.69) is 35.3 Å². The minimum absolute atomic E-state index is 0.342. The number of rotatable bonds is 3. The van der Waals surface area contributed by atoms with Crippen molar-refractivity contribution in [2.24, 2.45) is 0 Å². The van der Waals surface area contributed by atoms with Crippen LogP contribution in [-0.2, 0) is 0 Å². The van der Waals surface area contributed by atoms with Gasteiger partial charge in [-0.3, -0.25) is 4.98 Å². The summed E-state index contributed by atoms with van der Waals surface area (Å²) in [6.07, 6.45) is 3.40. The zero-order chi connectivity index (χ0) is 32.9. The zero-order valence-electron chi connectivity index (χ0n) is 25.0. The topological polar surface area (TPSA) is 142 Å². The molecule has 0 aliphatic rings. The summed E-state index contributed by atoms with van der Waals surface area (Å²) in [6, 6.07) is 40.7. The van der Waals surface area contributed by atoms with Crippen LogP contribution >= 0.6 is 0 Å². The maximum absolute atomic E-state index is 10.8. The van der Waals surface area contributed by atoms with E-state index in [9.17, 15) is 26.3 Å². The molecule has 8 aromatic rings. The fraction of sp³-hybridized carbons (Fsp3) is 0. The lowest BCUT2D eigenvalue weighted by atomic mass is 10.00. The van der Waals surface area contributed by atoms with Crippen molar-refractivity contribution < 1.29 is 0 Å². The predicted molar refractivity (Wildman–Crippen MR) is 182 cm³/mol. The number of aromatic nitrogens is 3. The number of nitrogens with zero attached hydrogens (tertiary/aromatic N) is 8. The normalized spacial score (nSPS) is 10.8. The molecule has 0 aliphatic heterocycles. The Hall–Kier alpha value is -7.70. The summed E-state index contributed by atoms with van der Waals surface area (Å²) in [4.78, 5) is 4.24. The Morgan fingerprint density at radius 3 is 1.19 bits per heavy atom. The van der Waals surface area contributed by atoms with Crippen molar-refractivity contribution in [3.8, 4) is 52.8 Å². The molecule has 0 N–H and O–H groups in total. The fourth-order valence-corrected chi connectivity index (χ4v) is 6.63. The average molecular weight is 611 g/mol. The van der Waals surface area contributed by atoms with Crippen LogP contribution in [0.5, 0.6) is 0 Å². The van der Waals surface area contributed by atoms with Crippen molar-refractivity contribution in [2.75, 3.05) is 0 Å². The molecule has 0 spiro atoms. The van der Waals surface area contributed by atoms with Crippen molar-refractivity contribution in [1.29, 1.82) is 26.3 Å². The molecule has 218 valence electrons. The first-order valence-electron chi connectivity index (χ1n) is 14.8. The average Bonchev–Trinajstić information content (AvgIpc) is 3.65. The Morgan fingerprint density at radius 2 is 0.812 bits per heavy atom. The number of benzene rings is 5. The van der Waals surface area contributed by atoms with Crippen LogP contribution in [0, 0.1) is 56.7 Å². The number of pyridine rings is 1. The van der Waals surface area contributed by atoms with Crippen LogP contribution in [-0.4, -0.2) is 14.1 Å². The van der Waals surface area contributed by atoms with Gasteiger partial charge in [0.1, 0.15) is 6.07 Å². The third-order valence-electron chi connectivity index (χ3n) is 8.76. The Balaban J connectivity index is 1.56. The zero-order valence-corrected chi connectivity index (χ0v) is 25.0. The summed E-state index contributed by atoms with van der Waals surface area (Å²) in [5.41, 5.74) is 7.97. The van der Waals surface area contributed by atoms with Gasteiger partial charge in [-0.05, 0) is 78.4 Å². The van der Waals surface area contributed by atoms with Gasteiger partial charge >= 0.3 is 0 Å². The van der Waals surface area contributed by atoms with Crippen LogP contribution in [0.15, 0.2) is 109 Å². The van der Waals surface area contributed by atoms with Crippen LogP contribution in [0.1, 0.15) is 27.8 Å². The second kappa shape index (κ2) is 10.7. The second-order valence-electron chi connectivity index (χ2n) is 11.3. The number of fused-ring (bicyclic) bond motifs is 6. The molecule has 5 aromatic carbocycles. The number of hydrogen-bond acceptors (Lipinski definition) is 6. The third kappa shape index (κ3) is 4.08. The van der Waals surface area contributed by atoms with E-state index in [0.29, 0.717) is 39.2 Å². The van der Waals surface area contributed by atoms with Crippen LogP contribution in [0.2, 0.25) is 0 Å². The van der Waals surface area contributed by atoms with Gasteiger partial charge in [0.15, 0.2) is 0 Å². The third-order valence-corrected chi connectivity index (χ3v) is 8.76. The van der Waals surface area contributed by atoms with Gasteiger partial charge < -0.3 is 9.13 Å². The lowest BCUT2D eigenvalue weighted by Crippen LogP contribution is -2.04. The van der Waals surface area contributed by atoms with Gasteiger partial charge in [0.25, 0.3) is 0 Å². The van der Waals surface area contributed by atoms with Crippen molar-refractivity contribution in [2.45, 2.75) is 0 Å². The maximum atomic E-state index is 10.8. The van der Waals surface area contributed by atoms with Gasteiger partial charge in [0.2, 0.25) is 0 Å². The van der Waals surface area contributed by atoms with Gasteiger partial charge in [-0.2, -0.15) is 26.3 Å². The van der Waals surface area contributed by atoms with E-state index < -0.39 is 0 Å². The molecule has 3 aromatic heterocycles. The lowest BCUT2D eigenvalue weighted by molar-refractivity contribution is 1.13. The molecule has 0 saturated carbocycles. The monoisotopic (exact) mass is 610 g/mol. The van der Waals surface area contributed by atoms with Gasteiger partial charge in [-0.15, -0.1) is 0 Å². The fourth-order valence-electron chi connectivity index (χ4n) is 6.63. The molecular weight excluding hydrogens is 592 g/mol. The van der Waals surface area contributed by atoms with Crippen LogP contribution in [0.25, 0.3) is 66.1 Å². The quantitative estimate of drug-likeness (QED) is 0.197. The highest BCUT2D eigenvalue weighted by Gasteiger charge is 2.22. The molecule has 0 amide bonds. The van der Waals surface area contributed by atoms with E-state index in [1.807, 2.05) is 69.8 Å². The molecule has 0 unspecified atom stereocenters. The standard InChI is InChI=1S/C40H18N8/c41-19-24-1-5-30-31-6-2-25(20-42)14-37(31)47(36(30)13-24)35-18-34(28-9-11-46-12-10-28)40(17-29(35)23-45)48-38-15-26(21-43)3-7-32(38)33-8-4-27(22-44)16-39(33)48/h1-18H. The molecule has 8 rings (SSSR count). The Morgan fingerprint density at radius 1 is 0.417 bits per heavy atom. The summed E-state index contributed by atoms with van der Waals surface area (Å²) in [5.74, 6) is 0. The minimum atomic E-state index is 0.342. The second-order valence-corrected chi connectivity index (χ2v) is 11.3. The summed E-state index contributed by atoms with van der Waals surface area (Å²) in [5, 5.41) is 53.6. The van der Waals surface area contributed by atoms with Crippen LogP contribution in [0.3, 0.4) is 0 Å². The molecule has 48 heavy (non-hydrogen) atoms. The minimum Gasteiger partial charge on any atom is -0.308 e. The number of hydrogen-bond donors (Lipinski definition) is 0. The molecule has 0 radical (unpaired) electrons. The molecule has 0 fully saturated rings. The molecule has 8 heteroatoms. The van der Waals surface area contributed by atoms with E-state index in [0.717, 1.165) is 54.7 Å². The van der Waals surface area contributed by atoms with Crippen molar-refractivity contribution in [3.05, 3.63) is 137 Å². The highest BCUT2D eigenvalue weighted by atomic mass is 15.0. The van der Waals surface area contributed by atoms with E-state index >= 15 is 0 Å². The van der Waals surface area contributed by atoms with Crippen molar-refractivity contribution >= 4 is 43.6 Å². The van der Waals surface area contributed by atoms with E-state index in [4.69, 9.17) is 0 Å². The highest BCUT2D eigenvalue weighted by molar-refractivity contribution is 6.12. The molecular formula is C40H18N8. The summed E-state index contributed by atoms with van der Waals surface area (Å²) in [7, 11) is 0. The Labute approximate surface area is 273 Å². The number of nitriles is 5. The predicted octanol–water partition coefficient (Wildman–Crippen LogP) is 8.30. The van der Waals surface area contributed by atoms with Gasteiger partial charge in [-0.1, -0.05) is 24.3 Å². The van der Waals surface area contributed by atoms with Crippen LogP contribution < -0.4 is 0 Å². The highest BCUT2D eigenvalue weighted by Crippen LogP contribution is 2.41. The first kappa shape index (κ1) is 27.8. The Bertz CT molecular complexity index is 2750. The van der Waals surface area contributed by atoms with E-state index in [1.54, 1.807) is 48.8 Å². The van der Waals surface area contributed by atoms with E-state index in [1.165, 1.54) is 0 Å². The van der Waals surface area contributed by atoms with E-state index in [-0.39, 0.29) is 0 Å². The molecule has 3 heterocycles. The SMILES string of the molecule is N#Cc1ccc2c3ccc(C#N)cc3n(-c3cc(-c4ccncc4)c(-n4c5cc(C#N)ccc5c5ccc(C#N)cc54)cc3C#N)c2c1. The molecule has 0 bridgehead atoms. The first-order valence-corrected chi connectivity index (χ1v) is 14.8. The van der Waals surface area contributed by atoms with Gasteiger partial charge in [-0.25, -0.2) is 0 Å². The first-order chi connectivity index (χ1) is 23.6. The molecule has 0 saturated heterocycles. The van der Waals surface area contributed by atoms with Crippen LogP contribution in [0.4, 0.5) is 0 Å². The largest absolute Gasteiger partial charge is 0.308 e. The summed E-state index contributed by atoms with van der Waals surface area (Å²) >= 11 is 0. The maximum Gasteiger partial charge on any atom is 0.101 e.